The Bertz CT molecular complexity index is 354. The van der Waals surface area contributed by atoms with Crippen molar-refractivity contribution in [3.63, 3.8) is 0 Å². The highest BCUT2D eigenvalue weighted by atomic mass is 32.1. The number of nitrogens with one attached hydrogen (secondary N) is 1. The summed E-state index contributed by atoms with van der Waals surface area (Å²) in [4.78, 5) is 4.11. The number of rotatable bonds is 3. The molecule has 6 heteroatoms. The SMILES string of the molecule is Cc1nc(CNC2(C(F)(F)F)CC2)cs1. The summed E-state index contributed by atoms with van der Waals surface area (Å²) in [6.45, 7) is 2.04. The van der Waals surface area contributed by atoms with E-state index >= 15 is 0 Å². The fourth-order valence-corrected chi connectivity index (χ4v) is 2.05. The van der Waals surface area contributed by atoms with E-state index in [4.69, 9.17) is 0 Å². The molecular formula is C9H11F3N2S. The lowest BCUT2D eigenvalue weighted by Gasteiger charge is -2.19. The Morgan fingerprint density at radius 3 is 2.60 bits per heavy atom. The molecule has 1 N–H and O–H groups in total. The average molecular weight is 236 g/mol. The maximum atomic E-state index is 12.5. The van der Waals surface area contributed by atoms with Gasteiger partial charge in [0.05, 0.1) is 10.7 Å². The van der Waals surface area contributed by atoms with E-state index in [2.05, 4.69) is 10.3 Å². The van der Waals surface area contributed by atoms with Crippen LogP contribution < -0.4 is 5.32 Å². The first-order chi connectivity index (χ1) is 6.93. The lowest BCUT2D eigenvalue weighted by Crippen LogP contribution is -2.44. The van der Waals surface area contributed by atoms with Crippen LogP contribution in [0, 0.1) is 6.92 Å². The highest BCUT2D eigenvalue weighted by Crippen LogP contribution is 2.49. The summed E-state index contributed by atoms with van der Waals surface area (Å²) in [5, 5.41) is 5.22. The van der Waals surface area contributed by atoms with Gasteiger partial charge in [-0.3, -0.25) is 5.32 Å². The van der Waals surface area contributed by atoms with Crippen molar-refractivity contribution in [3.8, 4) is 0 Å². The van der Waals surface area contributed by atoms with Gasteiger partial charge in [-0.15, -0.1) is 11.3 Å². The smallest absolute Gasteiger partial charge is 0.298 e. The number of hydrogen-bond acceptors (Lipinski definition) is 3. The van der Waals surface area contributed by atoms with Crippen LogP contribution in [0.25, 0.3) is 0 Å². The lowest BCUT2D eigenvalue weighted by molar-refractivity contribution is -0.166. The van der Waals surface area contributed by atoms with Crippen LogP contribution in [0.5, 0.6) is 0 Å². The molecule has 0 bridgehead atoms. The number of hydrogen-bond donors (Lipinski definition) is 1. The number of aryl methyl sites for hydroxylation is 1. The Morgan fingerprint density at radius 2 is 2.20 bits per heavy atom. The Hall–Kier alpha value is -0.620. The molecule has 0 saturated heterocycles. The normalized spacial score (nSPS) is 19.2. The predicted octanol–water partition coefficient (Wildman–Crippen LogP) is 2.64. The molecule has 1 aromatic rings. The molecule has 0 unspecified atom stereocenters. The van der Waals surface area contributed by atoms with Gasteiger partial charge >= 0.3 is 6.18 Å². The number of aromatic nitrogens is 1. The zero-order chi connectivity index (χ0) is 11.1. The molecule has 0 atom stereocenters. The van der Waals surface area contributed by atoms with Gasteiger partial charge in [-0.25, -0.2) is 4.98 Å². The minimum absolute atomic E-state index is 0.180. The monoisotopic (exact) mass is 236 g/mol. The lowest BCUT2D eigenvalue weighted by atomic mass is 10.2. The summed E-state index contributed by atoms with van der Waals surface area (Å²) < 4.78 is 37.6. The van der Waals surface area contributed by atoms with Crippen molar-refractivity contribution in [2.45, 2.75) is 38.0 Å². The molecule has 2 nitrogen and oxygen atoms in total. The van der Waals surface area contributed by atoms with E-state index in [9.17, 15) is 13.2 Å². The zero-order valence-electron chi connectivity index (χ0n) is 8.19. The van der Waals surface area contributed by atoms with Gasteiger partial charge in [0.15, 0.2) is 0 Å². The third-order valence-corrected chi connectivity index (χ3v) is 3.39. The molecular weight excluding hydrogens is 225 g/mol. The molecule has 84 valence electrons. The van der Waals surface area contributed by atoms with E-state index in [0.717, 1.165) is 5.01 Å². The van der Waals surface area contributed by atoms with Crippen LogP contribution in [0.15, 0.2) is 5.38 Å². The van der Waals surface area contributed by atoms with Crippen LogP contribution in [-0.2, 0) is 6.54 Å². The van der Waals surface area contributed by atoms with Crippen LogP contribution in [0.4, 0.5) is 13.2 Å². The molecule has 2 rings (SSSR count). The van der Waals surface area contributed by atoms with Crippen LogP contribution in [-0.4, -0.2) is 16.7 Å². The van der Waals surface area contributed by atoms with Crippen LogP contribution >= 0.6 is 11.3 Å². The Morgan fingerprint density at radius 1 is 1.53 bits per heavy atom. The molecule has 1 saturated carbocycles. The number of alkyl halides is 3. The first-order valence-electron chi connectivity index (χ1n) is 4.66. The Labute approximate surface area is 89.5 Å². The van der Waals surface area contributed by atoms with Crippen LogP contribution in [0.3, 0.4) is 0 Å². The maximum absolute atomic E-state index is 12.5. The molecule has 0 amide bonds. The average Bonchev–Trinajstić information content (AvgIpc) is 2.82. The largest absolute Gasteiger partial charge is 0.406 e. The summed E-state index contributed by atoms with van der Waals surface area (Å²) in [5.41, 5.74) is -0.946. The first kappa shape index (κ1) is 10.9. The Kier molecular flexibility index (Phi) is 2.50. The van der Waals surface area contributed by atoms with Crippen LogP contribution in [0.1, 0.15) is 23.5 Å². The number of halogens is 3. The van der Waals surface area contributed by atoms with E-state index in [1.807, 2.05) is 6.92 Å². The minimum atomic E-state index is -4.14. The second-order valence-electron chi connectivity index (χ2n) is 3.79. The Balaban J connectivity index is 1.94. The molecule has 1 aromatic heterocycles. The third kappa shape index (κ3) is 2.15. The van der Waals surface area contributed by atoms with Gasteiger partial charge in [-0.2, -0.15) is 13.2 Å². The molecule has 1 aliphatic rings. The number of nitrogens with zero attached hydrogens (tertiary/aromatic N) is 1. The highest BCUT2D eigenvalue weighted by Gasteiger charge is 2.62. The van der Waals surface area contributed by atoms with E-state index < -0.39 is 11.7 Å². The van der Waals surface area contributed by atoms with Crippen LogP contribution in [0.2, 0.25) is 0 Å². The second-order valence-corrected chi connectivity index (χ2v) is 4.85. The van der Waals surface area contributed by atoms with Gasteiger partial charge in [-0.1, -0.05) is 0 Å². The van der Waals surface area contributed by atoms with Crippen molar-refractivity contribution in [3.05, 3.63) is 16.1 Å². The van der Waals surface area contributed by atoms with Crippen molar-refractivity contribution in [2.24, 2.45) is 0 Å². The fourth-order valence-electron chi connectivity index (χ4n) is 1.43. The topological polar surface area (TPSA) is 24.9 Å². The van der Waals surface area contributed by atoms with Crippen molar-refractivity contribution in [2.75, 3.05) is 0 Å². The summed E-state index contributed by atoms with van der Waals surface area (Å²) in [7, 11) is 0. The van der Waals surface area contributed by atoms with Gasteiger partial charge in [0.2, 0.25) is 0 Å². The predicted molar refractivity (Wildman–Crippen MR) is 51.7 cm³/mol. The first-order valence-corrected chi connectivity index (χ1v) is 5.54. The second kappa shape index (κ2) is 3.45. The van der Waals surface area contributed by atoms with Gasteiger partial charge < -0.3 is 0 Å². The van der Waals surface area contributed by atoms with Crippen molar-refractivity contribution in [1.82, 2.24) is 10.3 Å². The van der Waals surface area contributed by atoms with E-state index in [1.165, 1.54) is 11.3 Å². The van der Waals surface area contributed by atoms with Gasteiger partial charge in [0.25, 0.3) is 0 Å². The highest BCUT2D eigenvalue weighted by molar-refractivity contribution is 7.09. The number of thiazole rings is 1. The van der Waals surface area contributed by atoms with Gasteiger partial charge in [-0.05, 0) is 19.8 Å². The standard InChI is InChI=1S/C9H11F3N2S/c1-6-14-7(5-15-6)4-13-8(2-3-8)9(10,11)12/h5,13H,2-4H2,1H3. The summed E-state index contributed by atoms with van der Waals surface area (Å²) in [6, 6.07) is 0. The molecule has 0 aliphatic heterocycles. The van der Waals surface area contributed by atoms with Crippen molar-refractivity contribution in [1.29, 1.82) is 0 Å². The summed E-state index contributed by atoms with van der Waals surface area (Å²) in [6.07, 6.45) is -3.78. The van der Waals surface area contributed by atoms with E-state index in [1.54, 1.807) is 5.38 Å². The zero-order valence-corrected chi connectivity index (χ0v) is 9.00. The van der Waals surface area contributed by atoms with E-state index in [0.29, 0.717) is 5.69 Å². The molecule has 0 spiro atoms. The summed E-state index contributed by atoms with van der Waals surface area (Å²) in [5.74, 6) is 0. The minimum Gasteiger partial charge on any atom is -0.298 e. The van der Waals surface area contributed by atoms with Crippen molar-refractivity contribution < 1.29 is 13.2 Å². The molecule has 0 aromatic carbocycles. The van der Waals surface area contributed by atoms with Crippen molar-refractivity contribution >= 4 is 11.3 Å². The molecule has 1 heterocycles. The van der Waals surface area contributed by atoms with E-state index in [-0.39, 0.29) is 19.4 Å². The third-order valence-electron chi connectivity index (χ3n) is 2.57. The van der Waals surface area contributed by atoms with Gasteiger partial charge in [0.1, 0.15) is 5.54 Å². The summed E-state index contributed by atoms with van der Waals surface area (Å²) >= 11 is 1.45. The quantitative estimate of drug-likeness (QED) is 0.872. The molecule has 1 aliphatic carbocycles. The molecule has 1 fully saturated rings. The fraction of sp³-hybridized carbons (Fsp3) is 0.667. The molecule has 15 heavy (non-hydrogen) atoms. The van der Waals surface area contributed by atoms with Gasteiger partial charge in [0, 0.05) is 11.9 Å². The molecule has 0 radical (unpaired) electrons. The maximum Gasteiger partial charge on any atom is 0.406 e.